The van der Waals surface area contributed by atoms with Crippen molar-refractivity contribution in [1.29, 1.82) is 0 Å². The van der Waals surface area contributed by atoms with Crippen molar-refractivity contribution in [2.45, 2.75) is 77.8 Å². The first-order valence-electron chi connectivity index (χ1n) is 7.55. The van der Waals surface area contributed by atoms with E-state index >= 15 is 0 Å². The Hall–Kier alpha value is -0.0800. The molecule has 0 amide bonds. The number of unbranched alkanes of at least 4 members (excludes halogenated alkanes) is 2. The summed E-state index contributed by atoms with van der Waals surface area (Å²) in [6, 6.07) is 0.621. The van der Waals surface area contributed by atoms with Crippen LogP contribution in [0.25, 0.3) is 0 Å². The molecule has 0 bridgehead atoms. The molecule has 0 aromatic carbocycles. The highest BCUT2D eigenvalue weighted by Gasteiger charge is 2.44. The Labute approximate surface area is 108 Å². The molecule has 1 aliphatic carbocycles. The van der Waals surface area contributed by atoms with Crippen molar-refractivity contribution in [3.63, 3.8) is 0 Å². The Kier molecular flexibility index (Phi) is 5.94. The number of hydrogen-bond acceptors (Lipinski definition) is 2. The smallest absolute Gasteiger partial charge is 0.0359 e. The molecule has 2 nitrogen and oxygen atoms in total. The van der Waals surface area contributed by atoms with Gasteiger partial charge < -0.3 is 5.73 Å². The van der Waals surface area contributed by atoms with Crippen molar-refractivity contribution in [1.82, 2.24) is 4.90 Å². The van der Waals surface area contributed by atoms with Gasteiger partial charge in [0.1, 0.15) is 0 Å². The Bertz CT molecular complexity index is 215. The van der Waals surface area contributed by atoms with Gasteiger partial charge in [-0.3, -0.25) is 4.90 Å². The predicted octanol–water partition coefficient (Wildman–Crippen LogP) is 3.40. The SMILES string of the molecule is CCCCCN(C(C)C)C1(CN)CCCC1C. The van der Waals surface area contributed by atoms with Gasteiger partial charge in [0.25, 0.3) is 0 Å². The summed E-state index contributed by atoms with van der Waals surface area (Å²) >= 11 is 0. The summed E-state index contributed by atoms with van der Waals surface area (Å²) < 4.78 is 0. The zero-order chi connectivity index (χ0) is 12.9. The molecule has 2 heteroatoms. The fourth-order valence-electron chi connectivity index (χ4n) is 3.60. The van der Waals surface area contributed by atoms with Crippen molar-refractivity contribution in [3.8, 4) is 0 Å². The predicted molar refractivity (Wildman–Crippen MR) is 76.2 cm³/mol. The maximum absolute atomic E-state index is 6.16. The third kappa shape index (κ3) is 3.23. The molecule has 0 spiro atoms. The second-order valence-electron chi connectivity index (χ2n) is 6.10. The van der Waals surface area contributed by atoms with Crippen molar-refractivity contribution in [2.24, 2.45) is 11.7 Å². The monoisotopic (exact) mass is 240 g/mol. The summed E-state index contributed by atoms with van der Waals surface area (Å²) in [5, 5.41) is 0. The number of nitrogens with zero attached hydrogens (tertiary/aromatic N) is 1. The molecule has 1 fully saturated rings. The van der Waals surface area contributed by atoms with Crippen LogP contribution in [0.3, 0.4) is 0 Å². The summed E-state index contributed by atoms with van der Waals surface area (Å²) in [7, 11) is 0. The maximum Gasteiger partial charge on any atom is 0.0359 e. The van der Waals surface area contributed by atoms with Crippen molar-refractivity contribution in [2.75, 3.05) is 13.1 Å². The summed E-state index contributed by atoms with van der Waals surface area (Å²) in [5.74, 6) is 0.761. The minimum atomic E-state index is 0.294. The second-order valence-corrected chi connectivity index (χ2v) is 6.10. The van der Waals surface area contributed by atoms with Gasteiger partial charge in [0.15, 0.2) is 0 Å². The third-order valence-corrected chi connectivity index (χ3v) is 4.72. The van der Waals surface area contributed by atoms with E-state index in [9.17, 15) is 0 Å². The van der Waals surface area contributed by atoms with Gasteiger partial charge in [-0.2, -0.15) is 0 Å². The molecule has 0 heterocycles. The van der Waals surface area contributed by atoms with E-state index < -0.39 is 0 Å². The zero-order valence-electron chi connectivity index (χ0n) is 12.3. The quantitative estimate of drug-likeness (QED) is 0.691. The molecule has 17 heavy (non-hydrogen) atoms. The van der Waals surface area contributed by atoms with E-state index in [1.54, 1.807) is 0 Å². The van der Waals surface area contributed by atoms with E-state index in [4.69, 9.17) is 5.73 Å². The van der Waals surface area contributed by atoms with Crippen LogP contribution in [-0.2, 0) is 0 Å². The lowest BCUT2D eigenvalue weighted by molar-refractivity contribution is 0.0335. The van der Waals surface area contributed by atoms with Crippen molar-refractivity contribution >= 4 is 0 Å². The summed E-state index contributed by atoms with van der Waals surface area (Å²) in [4.78, 5) is 2.71. The standard InChI is InChI=1S/C15H32N2/c1-5-6-7-11-17(13(2)3)15(12-16)10-8-9-14(15)4/h13-14H,5-12,16H2,1-4H3. The number of nitrogens with two attached hydrogens (primary N) is 1. The maximum atomic E-state index is 6.16. The lowest BCUT2D eigenvalue weighted by atomic mass is 9.85. The molecule has 1 saturated carbocycles. The zero-order valence-corrected chi connectivity index (χ0v) is 12.3. The van der Waals surface area contributed by atoms with Gasteiger partial charge in [-0.25, -0.2) is 0 Å². The Morgan fingerprint density at radius 3 is 2.47 bits per heavy atom. The van der Waals surface area contributed by atoms with E-state index in [-0.39, 0.29) is 0 Å². The van der Waals surface area contributed by atoms with Gasteiger partial charge >= 0.3 is 0 Å². The fraction of sp³-hybridized carbons (Fsp3) is 1.00. The molecule has 0 aromatic heterocycles. The van der Waals surface area contributed by atoms with Crippen LogP contribution in [0.5, 0.6) is 0 Å². The number of rotatable bonds is 7. The largest absolute Gasteiger partial charge is 0.329 e. The molecule has 102 valence electrons. The third-order valence-electron chi connectivity index (χ3n) is 4.72. The highest BCUT2D eigenvalue weighted by molar-refractivity contribution is 5.01. The molecule has 0 radical (unpaired) electrons. The normalized spacial score (nSPS) is 29.5. The molecular formula is C15H32N2. The second kappa shape index (κ2) is 6.75. The van der Waals surface area contributed by atoms with Gasteiger partial charge in [-0.1, -0.05) is 33.1 Å². The van der Waals surface area contributed by atoms with Gasteiger partial charge in [0, 0.05) is 18.1 Å². The van der Waals surface area contributed by atoms with Crippen LogP contribution in [0, 0.1) is 5.92 Å². The molecule has 2 atom stereocenters. The van der Waals surface area contributed by atoms with Crippen molar-refractivity contribution in [3.05, 3.63) is 0 Å². The first-order valence-corrected chi connectivity index (χ1v) is 7.55. The van der Waals surface area contributed by atoms with Crippen LogP contribution in [0.2, 0.25) is 0 Å². The van der Waals surface area contributed by atoms with E-state index in [1.165, 1.54) is 45.1 Å². The molecular weight excluding hydrogens is 208 g/mol. The molecule has 1 rings (SSSR count). The Morgan fingerprint density at radius 1 is 1.35 bits per heavy atom. The van der Waals surface area contributed by atoms with Gasteiger partial charge in [-0.05, 0) is 45.6 Å². The minimum Gasteiger partial charge on any atom is -0.329 e. The van der Waals surface area contributed by atoms with Gasteiger partial charge in [0.2, 0.25) is 0 Å². The first kappa shape index (κ1) is 15.0. The average Bonchev–Trinajstić information content (AvgIpc) is 2.66. The van der Waals surface area contributed by atoms with Crippen LogP contribution in [0.15, 0.2) is 0 Å². The van der Waals surface area contributed by atoms with E-state index in [2.05, 4.69) is 32.6 Å². The van der Waals surface area contributed by atoms with Crippen LogP contribution < -0.4 is 5.73 Å². The van der Waals surface area contributed by atoms with Gasteiger partial charge in [0.05, 0.1) is 0 Å². The topological polar surface area (TPSA) is 29.3 Å². The Balaban J connectivity index is 2.72. The fourth-order valence-corrected chi connectivity index (χ4v) is 3.60. The first-order chi connectivity index (χ1) is 8.08. The lowest BCUT2D eigenvalue weighted by Crippen LogP contribution is -2.58. The molecule has 0 aliphatic heterocycles. The van der Waals surface area contributed by atoms with Crippen LogP contribution >= 0.6 is 0 Å². The Morgan fingerprint density at radius 2 is 2.06 bits per heavy atom. The van der Waals surface area contributed by atoms with Crippen LogP contribution in [-0.4, -0.2) is 29.6 Å². The summed E-state index contributed by atoms with van der Waals surface area (Å²) in [6.45, 7) is 11.4. The average molecular weight is 240 g/mol. The molecule has 0 aromatic rings. The summed E-state index contributed by atoms with van der Waals surface area (Å²) in [5.41, 5.74) is 6.45. The molecule has 2 unspecified atom stereocenters. The highest BCUT2D eigenvalue weighted by atomic mass is 15.2. The molecule has 0 saturated heterocycles. The van der Waals surface area contributed by atoms with E-state index in [1.807, 2.05) is 0 Å². The van der Waals surface area contributed by atoms with Gasteiger partial charge in [-0.15, -0.1) is 0 Å². The van der Waals surface area contributed by atoms with Crippen molar-refractivity contribution < 1.29 is 0 Å². The number of hydrogen-bond donors (Lipinski definition) is 1. The summed E-state index contributed by atoms with van der Waals surface area (Å²) in [6.07, 6.45) is 7.98. The van der Waals surface area contributed by atoms with E-state index in [0.29, 0.717) is 11.6 Å². The van der Waals surface area contributed by atoms with Crippen LogP contribution in [0.1, 0.15) is 66.2 Å². The molecule has 1 aliphatic rings. The molecule has 2 N–H and O–H groups in total. The van der Waals surface area contributed by atoms with E-state index in [0.717, 1.165) is 12.5 Å². The van der Waals surface area contributed by atoms with Crippen LogP contribution in [0.4, 0.5) is 0 Å². The lowest BCUT2D eigenvalue weighted by Gasteiger charge is -2.46. The minimum absolute atomic E-state index is 0.294. The highest BCUT2D eigenvalue weighted by Crippen LogP contribution is 2.40.